The molecule has 5 aliphatic rings. The lowest BCUT2D eigenvalue weighted by molar-refractivity contribution is -0.280. The van der Waals surface area contributed by atoms with Crippen molar-refractivity contribution in [3.8, 4) is 0 Å². The number of fused-ring (bicyclic) bond motifs is 3. The smallest absolute Gasteiger partial charge is 0.129 e. The van der Waals surface area contributed by atoms with Gasteiger partial charge in [-0.15, -0.1) is 0 Å². The van der Waals surface area contributed by atoms with Crippen LogP contribution in [-0.2, 0) is 19.0 Å². The Hall–Kier alpha value is -0.810. The van der Waals surface area contributed by atoms with Gasteiger partial charge in [0.05, 0.1) is 38.1 Å². The van der Waals surface area contributed by atoms with Gasteiger partial charge in [-0.25, -0.2) is 10.0 Å². The maximum atomic E-state index is 6.75. The summed E-state index contributed by atoms with van der Waals surface area (Å²) in [5, 5.41) is 12.3. The standard InChI is InChI=1S/C26H49N5O4/c1-20(2)30(21(3)4)14-19-34-27-24-23(22-8-9-26(24,7)35-25(22,5)6)31(28-10-15-32-16-11-28)29-12-17-33-18-13-29/h20-23H,8-19H2,1-7H3/b27-24-/t22-,23-,26+/m1/s1. The van der Waals surface area contributed by atoms with Gasteiger partial charge in [-0.3, -0.25) is 4.90 Å². The molecule has 3 atom stereocenters. The van der Waals surface area contributed by atoms with Crippen LogP contribution < -0.4 is 0 Å². The summed E-state index contributed by atoms with van der Waals surface area (Å²) < 4.78 is 18.2. The maximum Gasteiger partial charge on any atom is 0.129 e. The highest BCUT2D eigenvalue weighted by Crippen LogP contribution is 2.50. The molecule has 0 aromatic rings. The fraction of sp³-hybridized carbons (Fsp3) is 0.962. The third-order valence-corrected chi connectivity index (χ3v) is 8.25. The zero-order chi connectivity index (χ0) is 25.2. The van der Waals surface area contributed by atoms with Crippen molar-refractivity contribution >= 4 is 5.71 Å². The molecule has 202 valence electrons. The van der Waals surface area contributed by atoms with E-state index in [2.05, 4.69) is 68.5 Å². The zero-order valence-corrected chi connectivity index (χ0v) is 23.2. The first-order valence-corrected chi connectivity index (χ1v) is 13.7. The Kier molecular flexibility index (Phi) is 8.78. The zero-order valence-electron chi connectivity index (χ0n) is 23.2. The summed E-state index contributed by atoms with van der Waals surface area (Å²) in [4.78, 5) is 8.54. The van der Waals surface area contributed by atoms with E-state index in [1.54, 1.807) is 0 Å². The molecular formula is C26H49N5O4. The second-order valence-electron chi connectivity index (χ2n) is 11.7. The highest BCUT2D eigenvalue weighted by Gasteiger charge is 2.61. The number of hydrazine groups is 2. The average Bonchev–Trinajstić information content (AvgIpc) is 2.80. The lowest BCUT2D eigenvalue weighted by atomic mass is 9.64. The first-order valence-electron chi connectivity index (χ1n) is 13.7. The molecule has 0 spiro atoms. The predicted octanol–water partition coefficient (Wildman–Crippen LogP) is 2.62. The summed E-state index contributed by atoms with van der Waals surface area (Å²) in [5.41, 5.74) is 0.362. The van der Waals surface area contributed by atoms with Crippen molar-refractivity contribution in [3.05, 3.63) is 0 Å². The van der Waals surface area contributed by atoms with Gasteiger partial charge in [0.2, 0.25) is 0 Å². The average molecular weight is 496 g/mol. The van der Waals surface area contributed by atoms with E-state index in [4.69, 9.17) is 24.2 Å². The van der Waals surface area contributed by atoms with Crippen molar-refractivity contribution < 1.29 is 19.0 Å². The fourth-order valence-corrected chi connectivity index (χ4v) is 6.55. The van der Waals surface area contributed by atoms with Gasteiger partial charge in [0.1, 0.15) is 17.9 Å². The summed E-state index contributed by atoms with van der Waals surface area (Å²) in [6.07, 6.45) is 2.09. The predicted molar refractivity (Wildman–Crippen MR) is 137 cm³/mol. The molecule has 0 unspecified atom stereocenters. The summed E-state index contributed by atoms with van der Waals surface area (Å²) in [6, 6.07) is 1.05. The van der Waals surface area contributed by atoms with E-state index >= 15 is 0 Å². The molecule has 0 aromatic heterocycles. The Morgan fingerprint density at radius 3 is 1.97 bits per heavy atom. The molecule has 0 aromatic carbocycles. The quantitative estimate of drug-likeness (QED) is 0.357. The van der Waals surface area contributed by atoms with Crippen molar-refractivity contribution in [1.82, 2.24) is 20.0 Å². The minimum atomic E-state index is -0.435. The van der Waals surface area contributed by atoms with Crippen LogP contribution in [0.25, 0.3) is 0 Å². The van der Waals surface area contributed by atoms with E-state index in [1.807, 2.05) is 0 Å². The number of ether oxygens (including phenoxy) is 3. The van der Waals surface area contributed by atoms with Crippen LogP contribution >= 0.6 is 0 Å². The molecule has 4 aliphatic heterocycles. The Morgan fingerprint density at radius 2 is 1.49 bits per heavy atom. The van der Waals surface area contributed by atoms with Crippen LogP contribution in [0.2, 0.25) is 0 Å². The van der Waals surface area contributed by atoms with Crippen molar-refractivity contribution in [2.75, 3.05) is 65.8 Å². The number of oxime groups is 1. The van der Waals surface area contributed by atoms with Crippen LogP contribution in [0.1, 0.15) is 61.3 Å². The number of hydrogen-bond donors (Lipinski definition) is 0. The number of rotatable bonds is 9. The van der Waals surface area contributed by atoms with Crippen LogP contribution in [0.3, 0.4) is 0 Å². The Balaban J connectivity index is 1.62. The van der Waals surface area contributed by atoms with Crippen LogP contribution in [0.4, 0.5) is 0 Å². The molecule has 9 heteroatoms. The molecule has 0 N–H and O–H groups in total. The number of hydrogen-bond acceptors (Lipinski definition) is 9. The van der Waals surface area contributed by atoms with E-state index in [0.717, 1.165) is 77.7 Å². The normalized spacial score (nSPS) is 33.5. The molecule has 9 nitrogen and oxygen atoms in total. The topological polar surface area (TPSA) is 62.2 Å². The number of morpholine rings is 2. The lowest BCUT2D eigenvalue weighted by Crippen LogP contribution is -2.75. The number of nitrogens with zero attached hydrogens (tertiary/aromatic N) is 5. The van der Waals surface area contributed by atoms with Crippen molar-refractivity contribution in [2.24, 2.45) is 11.1 Å². The van der Waals surface area contributed by atoms with Gasteiger partial charge in [0, 0.05) is 50.7 Å². The molecule has 4 heterocycles. The van der Waals surface area contributed by atoms with E-state index < -0.39 is 5.60 Å². The molecule has 5 fully saturated rings. The summed E-state index contributed by atoms with van der Waals surface area (Å²) in [5.74, 6) is 0.320. The van der Waals surface area contributed by atoms with Gasteiger partial charge < -0.3 is 19.0 Å². The van der Waals surface area contributed by atoms with E-state index in [1.165, 1.54) is 0 Å². The van der Waals surface area contributed by atoms with Crippen LogP contribution in [-0.4, -0.2) is 121 Å². The van der Waals surface area contributed by atoms with Crippen molar-refractivity contribution in [2.45, 2.75) is 90.6 Å². The van der Waals surface area contributed by atoms with Gasteiger partial charge in [-0.1, -0.05) is 5.16 Å². The van der Waals surface area contributed by atoms with Crippen molar-refractivity contribution in [3.63, 3.8) is 0 Å². The Labute approximate surface area is 212 Å². The van der Waals surface area contributed by atoms with Gasteiger partial charge in [0.15, 0.2) is 0 Å². The SMILES string of the molecule is CC(C)N(CCO/N=C1/[C@H](N(N2CCOCC2)N2CCOCC2)[C@H]2CC[C@]1(C)OC2(C)C)C(C)C. The van der Waals surface area contributed by atoms with Gasteiger partial charge >= 0.3 is 0 Å². The van der Waals surface area contributed by atoms with E-state index in [9.17, 15) is 0 Å². The third-order valence-electron chi connectivity index (χ3n) is 8.25. The van der Waals surface area contributed by atoms with E-state index in [0.29, 0.717) is 24.6 Å². The van der Waals surface area contributed by atoms with Crippen LogP contribution in [0, 0.1) is 5.92 Å². The molecule has 0 radical (unpaired) electrons. The summed E-state index contributed by atoms with van der Waals surface area (Å²) in [7, 11) is 0. The molecule has 35 heavy (non-hydrogen) atoms. The van der Waals surface area contributed by atoms with Crippen LogP contribution in [0.15, 0.2) is 5.16 Å². The molecule has 5 rings (SSSR count). The molecule has 4 saturated heterocycles. The minimum Gasteiger partial charge on any atom is -0.394 e. The Morgan fingerprint density at radius 1 is 0.943 bits per heavy atom. The highest BCUT2D eigenvalue weighted by atomic mass is 16.6. The summed E-state index contributed by atoms with van der Waals surface area (Å²) in [6.45, 7) is 23.6. The molecule has 1 saturated carbocycles. The molecule has 0 amide bonds. The first kappa shape index (κ1) is 27.2. The fourth-order valence-electron chi connectivity index (χ4n) is 6.55. The highest BCUT2D eigenvalue weighted by molar-refractivity contribution is 5.98. The first-order chi connectivity index (χ1) is 16.6. The second-order valence-corrected chi connectivity index (χ2v) is 11.7. The summed E-state index contributed by atoms with van der Waals surface area (Å²) >= 11 is 0. The second kappa shape index (κ2) is 11.3. The van der Waals surface area contributed by atoms with Crippen LogP contribution in [0.5, 0.6) is 0 Å². The lowest BCUT2D eigenvalue weighted by Gasteiger charge is -2.62. The van der Waals surface area contributed by atoms with Gasteiger partial charge in [-0.05, 0) is 61.3 Å². The minimum absolute atomic E-state index is 0.0972. The largest absolute Gasteiger partial charge is 0.394 e. The Bertz CT molecular complexity index is 695. The van der Waals surface area contributed by atoms with Gasteiger partial charge in [-0.2, -0.15) is 5.12 Å². The maximum absolute atomic E-state index is 6.75. The van der Waals surface area contributed by atoms with Gasteiger partial charge in [0.25, 0.3) is 0 Å². The van der Waals surface area contributed by atoms with E-state index in [-0.39, 0.29) is 11.6 Å². The molecule has 1 aliphatic carbocycles. The monoisotopic (exact) mass is 495 g/mol. The molecule has 2 bridgehead atoms. The third kappa shape index (κ3) is 5.87. The van der Waals surface area contributed by atoms with Crippen molar-refractivity contribution in [1.29, 1.82) is 0 Å². The molecular weight excluding hydrogens is 446 g/mol.